The average Bonchev–Trinajstić information content (AvgIpc) is 3.40. The zero-order valence-corrected chi connectivity index (χ0v) is 49.6. The van der Waals surface area contributed by atoms with Crippen molar-refractivity contribution >= 4 is 5.91 Å². The summed E-state index contributed by atoms with van der Waals surface area (Å²) in [5.41, 5.74) is 0. The summed E-state index contributed by atoms with van der Waals surface area (Å²) in [5.74, 6) is -0.0703. The number of aliphatic hydroxyl groups excluding tert-OH is 2. The van der Waals surface area contributed by atoms with Gasteiger partial charge in [-0.15, -0.1) is 0 Å². The summed E-state index contributed by atoms with van der Waals surface area (Å²) in [5, 5.41) is 23.2. The van der Waals surface area contributed by atoms with Crippen LogP contribution in [0.2, 0.25) is 0 Å². The smallest absolute Gasteiger partial charge is 0.220 e. The molecule has 0 heterocycles. The summed E-state index contributed by atoms with van der Waals surface area (Å²) in [6.45, 7) is 4.21. The van der Waals surface area contributed by atoms with E-state index in [-0.39, 0.29) is 12.5 Å². The third kappa shape index (κ3) is 60.4. The molecule has 3 N–H and O–H groups in total. The second kappa shape index (κ2) is 64.9. The first-order valence-electron chi connectivity index (χ1n) is 32.8. The minimum absolute atomic E-state index is 0.0703. The quantitative estimate of drug-likeness (QED) is 0.0420. The van der Waals surface area contributed by atoms with Crippen LogP contribution in [0.3, 0.4) is 0 Å². The molecule has 0 aromatic rings. The molecule has 0 saturated heterocycles. The molecule has 0 radical (unpaired) electrons. The maximum atomic E-state index is 12.5. The van der Waals surface area contributed by atoms with Gasteiger partial charge in [-0.2, -0.15) is 0 Å². The first-order valence-corrected chi connectivity index (χ1v) is 32.8. The molecular weight excluding hydrogens is 903 g/mol. The van der Waals surface area contributed by atoms with Crippen LogP contribution in [0.15, 0.2) is 85.1 Å². The second-order valence-corrected chi connectivity index (χ2v) is 22.1. The van der Waals surface area contributed by atoms with Crippen LogP contribution in [0.4, 0.5) is 0 Å². The molecular formula is C70H127NO3. The standard InChI is InChI=1S/C70H127NO3/c1-3-5-7-9-11-13-15-17-19-21-23-25-27-29-31-32-33-34-35-36-37-38-40-42-44-46-48-50-52-54-56-58-60-62-64-66-70(74)71-68(67-72)69(73)65-63-61-59-57-55-53-51-49-47-45-43-41-39-30-28-26-24-22-20-18-16-14-12-10-8-6-4-2/h5,7,11,13,17,19,23,25,29,31,55,57,63,65,68-69,72-73H,3-4,6,8-10,12,14-16,18,20-22,24,26-28,30,32-54,56,58-62,64,66-67H2,1-2H3,(H,71,74)/b7-5-,13-11-,19-17-,25-23-,31-29-,57-55+,65-63+. The van der Waals surface area contributed by atoms with Crippen molar-refractivity contribution in [3.05, 3.63) is 85.1 Å². The molecule has 0 aromatic heterocycles. The van der Waals surface area contributed by atoms with Gasteiger partial charge in [0.2, 0.25) is 5.91 Å². The van der Waals surface area contributed by atoms with Gasteiger partial charge in [0.25, 0.3) is 0 Å². The van der Waals surface area contributed by atoms with Crippen LogP contribution in [-0.4, -0.2) is 34.9 Å². The lowest BCUT2D eigenvalue weighted by atomic mass is 10.0. The summed E-state index contributed by atoms with van der Waals surface area (Å²) in [6.07, 6.45) is 95.1. The number of aliphatic hydroxyl groups is 2. The van der Waals surface area contributed by atoms with Gasteiger partial charge in [-0.1, -0.05) is 336 Å². The predicted molar refractivity (Wildman–Crippen MR) is 331 cm³/mol. The maximum Gasteiger partial charge on any atom is 0.220 e. The van der Waals surface area contributed by atoms with E-state index in [0.717, 1.165) is 64.2 Å². The molecule has 430 valence electrons. The molecule has 0 aliphatic heterocycles. The Morgan fingerprint density at radius 1 is 0.338 bits per heavy atom. The van der Waals surface area contributed by atoms with E-state index in [1.54, 1.807) is 6.08 Å². The van der Waals surface area contributed by atoms with Gasteiger partial charge in [0.1, 0.15) is 0 Å². The molecule has 4 heteroatoms. The van der Waals surface area contributed by atoms with Gasteiger partial charge in [-0.3, -0.25) is 4.79 Å². The SMILES string of the molecule is CC/C=C\C/C=C\C/C=C\C/C=C\C/C=C\CCCCCCCCCCCCCCCCCCCCCC(=O)NC(CO)C(O)/C=C/CC/C=C/CCCCCCCCCCCCCCCCCCCCCCC. The number of rotatable bonds is 60. The highest BCUT2D eigenvalue weighted by molar-refractivity contribution is 5.76. The summed E-state index contributed by atoms with van der Waals surface area (Å²) >= 11 is 0. The largest absolute Gasteiger partial charge is 0.394 e. The van der Waals surface area contributed by atoms with E-state index in [1.165, 1.54) is 250 Å². The molecule has 1 amide bonds. The first kappa shape index (κ1) is 71.6. The first-order chi connectivity index (χ1) is 36.7. The number of nitrogens with one attached hydrogen (secondary N) is 1. The molecule has 0 aromatic carbocycles. The van der Waals surface area contributed by atoms with E-state index in [4.69, 9.17) is 0 Å². The number of carbonyl (C=O) groups excluding carboxylic acids is 1. The van der Waals surface area contributed by atoms with E-state index in [2.05, 4.69) is 92.1 Å². The molecule has 0 spiro atoms. The van der Waals surface area contributed by atoms with Crippen molar-refractivity contribution < 1.29 is 15.0 Å². The highest BCUT2D eigenvalue weighted by Gasteiger charge is 2.18. The minimum Gasteiger partial charge on any atom is -0.394 e. The number of hydrogen-bond donors (Lipinski definition) is 3. The van der Waals surface area contributed by atoms with Gasteiger partial charge in [0, 0.05) is 6.42 Å². The van der Waals surface area contributed by atoms with Crippen molar-refractivity contribution in [3.63, 3.8) is 0 Å². The van der Waals surface area contributed by atoms with Crippen molar-refractivity contribution in [2.24, 2.45) is 0 Å². The van der Waals surface area contributed by atoms with Gasteiger partial charge in [0.15, 0.2) is 0 Å². The summed E-state index contributed by atoms with van der Waals surface area (Å²) in [7, 11) is 0. The molecule has 2 unspecified atom stereocenters. The zero-order chi connectivity index (χ0) is 53.4. The van der Waals surface area contributed by atoms with E-state index in [1.807, 2.05) is 6.08 Å². The van der Waals surface area contributed by atoms with Crippen molar-refractivity contribution in [3.8, 4) is 0 Å². The van der Waals surface area contributed by atoms with Gasteiger partial charge >= 0.3 is 0 Å². The number of amides is 1. The Balaban J connectivity index is 3.49. The van der Waals surface area contributed by atoms with E-state index >= 15 is 0 Å². The highest BCUT2D eigenvalue weighted by atomic mass is 16.3. The second-order valence-electron chi connectivity index (χ2n) is 22.1. The molecule has 0 aliphatic carbocycles. The van der Waals surface area contributed by atoms with E-state index in [9.17, 15) is 15.0 Å². The summed E-state index contributed by atoms with van der Waals surface area (Å²) in [6, 6.07) is -0.643. The van der Waals surface area contributed by atoms with Crippen LogP contribution in [0.5, 0.6) is 0 Å². The fourth-order valence-corrected chi connectivity index (χ4v) is 9.93. The number of hydrogen-bond acceptors (Lipinski definition) is 3. The highest BCUT2D eigenvalue weighted by Crippen LogP contribution is 2.18. The van der Waals surface area contributed by atoms with Crippen LogP contribution >= 0.6 is 0 Å². The zero-order valence-electron chi connectivity index (χ0n) is 49.6. The molecule has 0 aliphatic rings. The predicted octanol–water partition coefficient (Wildman–Crippen LogP) is 22.3. The van der Waals surface area contributed by atoms with Gasteiger partial charge in [-0.25, -0.2) is 0 Å². The van der Waals surface area contributed by atoms with Gasteiger partial charge in [-0.05, 0) is 77.0 Å². The average molecular weight is 1030 g/mol. The Hall–Kier alpha value is -2.43. The lowest BCUT2D eigenvalue weighted by Crippen LogP contribution is -2.45. The fourth-order valence-electron chi connectivity index (χ4n) is 9.93. The number of carbonyl (C=O) groups is 1. The number of unbranched alkanes of at least 4 members (excludes halogenated alkanes) is 41. The lowest BCUT2D eigenvalue weighted by Gasteiger charge is -2.19. The van der Waals surface area contributed by atoms with E-state index in [0.29, 0.717) is 6.42 Å². The monoisotopic (exact) mass is 1030 g/mol. The topological polar surface area (TPSA) is 69.6 Å². The van der Waals surface area contributed by atoms with Crippen molar-refractivity contribution in [1.82, 2.24) is 5.32 Å². The third-order valence-electron chi connectivity index (χ3n) is 14.9. The van der Waals surface area contributed by atoms with Crippen LogP contribution in [0.1, 0.15) is 335 Å². The third-order valence-corrected chi connectivity index (χ3v) is 14.9. The van der Waals surface area contributed by atoms with Gasteiger partial charge in [0.05, 0.1) is 18.8 Å². The Labute approximate surface area is 462 Å². The summed E-state index contributed by atoms with van der Waals surface area (Å²) < 4.78 is 0. The Morgan fingerprint density at radius 2 is 0.608 bits per heavy atom. The molecule has 0 fully saturated rings. The Morgan fingerprint density at radius 3 is 0.946 bits per heavy atom. The van der Waals surface area contributed by atoms with Crippen molar-refractivity contribution in [2.45, 2.75) is 347 Å². The van der Waals surface area contributed by atoms with Crippen molar-refractivity contribution in [1.29, 1.82) is 0 Å². The van der Waals surface area contributed by atoms with Crippen LogP contribution in [0.25, 0.3) is 0 Å². The van der Waals surface area contributed by atoms with Crippen LogP contribution in [-0.2, 0) is 4.79 Å². The number of allylic oxidation sites excluding steroid dienone is 13. The molecule has 4 nitrogen and oxygen atoms in total. The Kier molecular flexibility index (Phi) is 62.7. The van der Waals surface area contributed by atoms with Gasteiger partial charge < -0.3 is 15.5 Å². The molecule has 2 atom stereocenters. The van der Waals surface area contributed by atoms with Crippen molar-refractivity contribution in [2.75, 3.05) is 6.61 Å². The molecule has 74 heavy (non-hydrogen) atoms. The molecule has 0 saturated carbocycles. The minimum atomic E-state index is -0.866. The molecule has 0 rings (SSSR count). The Bertz CT molecular complexity index is 1310. The molecule has 0 bridgehead atoms. The normalized spacial score (nSPS) is 13.3. The van der Waals surface area contributed by atoms with Crippen LogP contribution in [0, 0.1) is 0 Å². The van der Waals surface area contributed by atoms with E-state index < -0.39 is 12.1 Å². The lowest BCUT2D eigenvalue weighted by molar-refractivity contribution is -0.123. The maximum absolute atomic E-state index is 12.5. The fraction of sp³-hybridized carbons (Fsp3) is 0.786. The summed E-state index contributed by atoms with van der Waals surface area (Å²) in [4.78, 5) is 12.5. The van der Waals surface area contributed by atoms with Crippen LogP contribution < -0.4 is 5.32 Å².